The zero-order valence-corrected chi connectivity index (χ0v) is 15.1. The molecule has 1 amide bonds. The lowest BCUT2D eigenvalue weighted by Gasteiger charge is -2.01. The Hall–Kier alpha value is -4.33. The van der Waals surface area contributed by atoms with Crippen LogP contribution < -0.4 is 5.32 Å². The van der Waals surface area contributed by atoms with Gasteiger partial charge in [-0.05, 0) is 42.0 Å². The van der Waals surface area contributed by atoms with E-state index in [9.17, 15) is 14.9 Å². The second-order valence-corrected chi connectivity index (χ2v) is 6.20. The van der Waals surface area contributed by atoms with Crippen LogP contribution >= 0.6 is 0 Å². The average Bonchev–Trinajstić information content (AvgIpc) is 3.16. The molecule has 0 fully saturated rings. The number of amides is 1. The van der Waals surface area contributed by atoms with Crippen molar-refractivity contribution in [2.45, 2.75) is 0 Å². The summed E-state index contributed by atoms with van der Waals surface area (Å²) in [7, 11) is 0. The van der Waals surface area contributed by atoms with Gasteiger partial charge in [0, 0.05) is 23.9 Å². The zero-order chi connectivity index (χ0) is 20.2. The third kappa shape index (κ3) is 4.16. The van der Waals surface area contributed by atoms with E-state index in [-0.39, 0.29) is 11.6 Å². The molecule has 1 N–H and O–H groups in total. The Kier molecular flexibility index (Phi) is 4.81. The number of anilines is 1. The topological polar surface area (TPSA) is 103 Å². The molecule has 0 spiro atoms. The number of carbonyl (C=O) groups excluding carboxylic acids is 1. The Morgan fingerprint density at radius 3 is 2.55 bits per heavy atom. The molecular formula is C21H15N5O3. The summed E-state index contributed by atoms with van der Waals surface area (Å²) in [5.74, 6) is -0.355. The molecule has 0 bridgehead atoms. The van der Waals surface area contributed by atoms with E-state index in [1.807, 2.05) is 30.3 Å². The Balaban J connectivity index is 1.49. The third-order valence-corrected chi connectivity index (χ3v) is 4.14. The van der Waals surface area contributed by atoms with Gasteiger partial charge in [-0.15, -0.1) is 10.2 Å². The van der Waals surface area contributed by atoms with E-state index < -0.39 is 4.92 Å². The highest BCUT2D eigenvalue weighted by atomic mass is 16.6. The smallest absolute Gasteiger partial charge is 0.270 e. The summed E-state index contributed by atoms with van der Waals surface area (Å²) in [5, 5.41) is 22.4. The van der Waals surface area contributed by atoms with Crippen molar-refractivity contribution in [1.29, 1.82) is 0 Å². The molecule has 1 aromatic heterocycles. The Labute approximate surface area is 165 Å². The lowest BCUT2D eigenvalue weighted by atomic mass is 10.2. The summed E-state index contributed by atoms with van der Waals surface area (Å²) in [6.45, 7) is 0. The highest BCUT2D eigenvalue weighted by Gasteiger charge is 2.07. The van der Waals surface area contributed by atoms with Crippen LogP contribution in [0.4, 0.5) is 11.4 Å². The van der Waals surface area contributed by atoms with Crippen LogP contribution in [0.15, 0.2) is 78.9 Å². The monoisotopic (exact) mass is 385 g/mol. The first kappa shape index (κ1) is 18.1. The van der Waals surface area contributed by atoms with Crippen molar-refractivity contribution in [2.24, 2.45) is 0 Å². The van der Waals surface area contributed by atoms with Gasteiger partial charge in [0.1, 0.15) is 11.0 Å². The van der Waals surface area contributed by atoms with Crippen molar-refractivity contribution in [1.82, 2.24) is 15.0 Å². The first-order chi connectivity index (χ1) is 14.1. The lowest BCUT2D eigenvalue weighted by Crippen LogP contribution is -2.07. The second-order valence-electron chi connectivity index (χ2n) is 6.20. The van der Waals surface area contributed by atoms with Crippen molar-refractivity contribution in [3.05, 3.63) is 94.6 Å². The molecular weight excluding hydrogens is 370 g/mol. The molecule has 0 saturated carbocycles. The van der Waals surface area contributed by atoms with E-state index in [1.54, 1.807) is 35.1 Å². The van der Waals surface area contributed by atoms with Gasteiger partial charge in [0.15, 0.2) is 0 Å². The number of nitro groups is 1. The summed E-state index contributed by atoms with van der Waals surface area (Å²) in [5.41, 5.74) is 3.31. The van der Waals surface area contributed by atoms with Crippen LogP contribution in [-0.4, -0.2) is 25.8 Å². The quantitative estimate of drug-likeness (QED) is 0.318. The number of aromatic nitrogens is 3. The van der Waals surface area contributed by atoms with Crippen LogP contribution in [0.1, 0.15) is 5.56 Å². The van der Waals surface area contributed by atoms with Crippen LogP contribution in [0.5, 0.6) is 0 Å². The lowest BCUT2D eigenvalue weighted by molar-refractivity contribution is -0.384. The van der Waals surface area contributed by atoms with Gasteiger partial charge in [-0.25, -0.2) is 0 Å². The van der Waals surface area contributed by atoms with Gasteiger partial charge in [0.05, 0.1) is 10.6 Å². The van der Waals surface area contributed by atoms with E-state index in [1.165, 1.54) is 24.3 Å². The number of nitrogens with zero attached hydrogens (tertiary/aromatic N) is 4. The second kappa shape index (κ2) is 7.73. The largest absolute Gasteiger partial charge is 0.322 e. The maximum atomic E-state index is 12.2. The number of carbonyl (C=O) groups is 1. The van der Waals surface area contributed by atoms with Gasteiger partial charge in [-0.2, -0.15) is 4.80 Å². The molecule has 1 heterocycles. The maximum absolute atomic E-state index is 12.2. The van der Waals surface area contributed by atoms with E-state index >= 15 is 0 Å². The van der Waals surface area contributed by atoms with Gasteiger partial charge < -0.3 is 5.32 Å². The van der Waals surface area contributed by atoms with Crippen molar-refractivity contribution in [3.8, 4) is 5.69 Å². The summed E-state index contributed by atoms with van der Waals surface area (Å²) in [6.07, 6.45) is 2.84. The minimum Gasteiger partial charge on any atom is -0.322 e. The number of nitro benzene ring substituents is 1. The number of non-ortho nitro benzene ring substituents is 1. The summed E-state index contributed by atoms with van der Waals surface area (Å²) in [4.78, 5) is 24.1. The number of nitrogens with one attached hydrogen (secondary N) is 1. The number of rotatable bonds is 5. The van der Waals surface area contributed by atoms with E-state index in [2.05, 4.69) is 15.5 Å². The number of benzene rings is 3. The summed E-state index contributed by atoms with van der Waals surface area (Å²) >= 11 is 0. The normalized spacial score (nSPS) is 11.0. The molecule has 142 valence electrons. The molecule has 0 aliphatic heterocycles. The number of hydrogen-bond acceptors (Lipinski definition) is 5. The summed E-state index contributed by atoms with van der Waals surface area (Å²) in [6, 6.07) is 20.8. The Morgan fingerprint density at radius 1 is 0.966 bits per heavy atom. The Morgan fingerprint density at radius 2 is 1.76 bits per heavy atom. The van der Waals surface area contributed by atoms with Crippen LogP contribution in [0.3, 0.4) is 0 Å². The van der Waals surface area contributed by atoms with Crippen LogP contribution in [0, 0.1) is 10.1 Å². The fourth-order valence-corrected chi connectivity index (χ4v) is 2.77. The molecule has 4 rings (SSSR count). The SMILES string of the molecule is O=C(/C=C/c1cccc([N+](=O)[O-])c1)Nc1ccc2nn(-c3ccccc3)nc2c1. The molecule has 0 aliphatic carbocycles. The molecule has 4 aromatic rings. The van der Waals surface area contributed by atoms with E-state index in [4.69, 9.17) is 0 Å². The van der Waals surface area contributed by atoms with Crippen LogP contribution in [0.25, 0.3) is 22.8 Å². The van der Waals surface area contributed by atoms with Crippen LogP contribution in [-0.2, 0) is 4.79 Å². The fraction of sp³-hybridized carbons (Fsp3) is 0. The number of fused-ring (bicyclic) bond motifs is 1. The predicted molar refractivity (Wildman–Crippen MR) is 110 cm³/mol. The van der Waals surface area contributed by atoms with Crippen molar-refractivity contribution < 1.29 is 9.72 Å². The predicted octanol–water partition coefficient (Wildman–Crippen LogP) is 3.98. The van der Waals surface area contributed by atoms with Crippen molar-refractivity contribution >= 4 is 34.4 Å². The number of para-hydroxylation sites is 1. The summed E-state index contributed by atoms with van der Waals surface area (Å²) < 4.78 is 0. The van der Waals surface area contributed by atoms with E-state index in [0.717, 1.165) is 5.69 Å². The minimum absolute atomic E-state index is 0.0282. The standard InChI is InChI=1S/C21H15N5O3/c27-21(12-9-15-5-4-8-18(13-15)26(28)29)22-16-10-11-19-20(14-16)24-25(23-19)17-6-2-1-3-7-17/h1-14H,(H,22,27)/b12-9+. The highest BCUT2D eigenvalue weighted by Crippen LogP contribution is 2.18. The van der Waals surface area contributed by atoms with E-state index in [0.29, 0.717) is 22.3 Å². The first-order valence-electron chi connectivity index (χ1n) is 8.74. The Bertz CT molecular complexity index is 1230. The van der Waals surface area contributed by atoms with Gasteiger partial charge in [0.2, 0.25) is 5.91 Å². The molecule has 8 heteroatoms. The molecule has 0 radical (unpaired) electrons. The molecule has 0 atom stereocenters. The molecule has 0 unspecified atom stereocenters. The first-order valence-corrected chi connectivity index (χ1v) is 8.74. The van der Waals surface area contributed by atoms with Crippen LogP contribution in [0.2, 0.25) is 0 Å². The zero-order valence-electron chi connectivity index (χ0n) is 15.1. The van der Waals surface area contributed by atoms with Crippen molar-refractivity contribution in [3.63, 3.8) is 0 Å². The molecule has 8 nitrogen and oxygen atoms in total. The van der Waals surface area contributed by atoms with Crippen molar-refractivity contribution in [2.75, 3.05) is 5.32 Å². The number of hydrogen-bond donors (Lipinski definition) is 1. The van der Waals surface area contributed by atoms with Gasteiger partial charge >= 0.3 is 0 Å². The van der Waals surface area contributed by atoms with Gasteiger partial charge in [-0.3, -0.25) is 14.9 Å². The molecule has 0 saturated heterocycles. The average molecular weight is 385 g/mol. The van der Waals surface area contributed by atoms with Gasteiger partial charge in [0.25, 0.3) is 5.69 Å². The highest BCUT2D eigenvalue weighted by molar-refractivity contribution is 6.02. The molecule has 29 heavy (non-hydrogen) atoms. The maximum Gasteiger partial charge on any atom is 0.270 e. The van der Waals surface area contributed by atoms with Gasteiger partial charge in [-0.1, -0.05) is 30.3 Å². The molecule has 0 aliphatic rings. The molecule has 3 aromatic carbocycles. The fourth-order valence-electron chi connectivity index (χ4n) is 2.77. The minimum atomic E-state index is -0.477. The third-order valence-electron chi connectivity index (χ3n) is 4.14.